The van der Waals surface area contributed by atoms with Crippen molar-refractivity contribution in [2.45, 2.75) is 26.2 Å². The average molecular weight is 354 g/mol. The van der Waals surface area contributed by atoms with Crippen LogP contribution < -0.4 is 10.0 Å². The Balaban J connectivity index is 2.13. The smallest absolute Gasteiger partial charge is 0.259 e. The number of hydrogen-bond acceptors (Lipinski definition) is 6. The van der Waals surface area contributed by atoms with E-state index in [4.69, 9.17) is 0 Å². The third kappa shape index (κ3) is 5.29. The molecule has 1 aromatic heterocycles. The van der Waals surface area contributed by atoms with Crippen LogP contribution >= 0.6 is 11.3 Å². The standard InChI is InChI=1S/C14H18N4O3S2/c1-3-4-9-12-16-17-14(22-12)15-13(19)10-7-5-6-8-11(10)18-23(2,20)21/h5-8,18H,3-4,9H2,1-2H3,(H,15,17,19). The zero-order valence-corrected chi connectivity index (χ0v) is 14.5. The highest BCUT2D eigenvalue weighted by Gasteiger charge is 2.15. The van der Waals surface area contributed by atoms with Crippen LogP contribution in [0.5, 0.6) is 0 Å². The molecule has 9 heteroatoms. The second-order valence-corrected chi connectivity index (χ2v) is 7.79. The first kappa shape index (κ1) is 17.4. The molecule has 0 radical (unpaired) electrons. The summed E-state index contributed by atoms with van der Waals surface area (Å²) in [6.45, 7) is 2.09. The molecule has 1 aromatic carbocycles. The van der Waals surface area contributed by atoms with Gasteiger partial charge < -0.3 is 0 Å². The Morgan fingerprint density at radius 2 is 2.00 bits per heavy atom. The van der Waals surface area contributed by atoms with Crippen molar-refractivity contribution < 1.29 is 13.2 Å². The molecule has 23 heavy (non-hydrogen) atoms. The first-order chi connectivity index (χ1) is 10.9. The molecule has 124 valence electrons. The number of aromatic nitrogens is 2. The van der Waals surface area contributed by atoms with E-state index in [-0.39, 0.29) is 11.3 Å². The minimum Gasteiger partial charge on any atom is -0.296 e. The second kappa shape index (κ2) is 7.51. The first-order valence-corrected chi connectivity index (χ1v) is 9.80. The summed E-state index contributed by atoms with van der Waals surface area (Å²) in [4.78, 5) is 12.3. The van der Waals surface area contributed by atoms with Gasteiger partial charge in [-0.1, -0.05) is 36.8 Å². The summed E-state index contributed by atoms with van der Waals surface area (Å²) < 4.78 is 25.1. The maximum Gasteiger partial charge on any atom is 0.259 e. The first-order valence-electron chi connectivity index (χ1n) is 7.09. The molecule has 0 aliphatic carbocycles. The van der Waals surface area contributed by atoms with Crippen LogP contribution in [0.2, 0.25) is 0 Å². The molecule has 0 unspecified atom stereocenters. The fourth-order valence-electron chi connectivity index (χ4n) is 1.87. The lowest BCUT2D eigenvalue weighted by Gasteiger charge is -2.09. The zero-order chi connectivity index (χ0) is 16.9. The van der Waals surface area contributed by atoms with Crippen molar-refractivity contribution in [1.82, 2.24) is 10.2 Å². The van der Waals surface area contributed by atoms with E-state index in [0.29, 0.717) is 5.13 Å². The van der Waals surface area contributed by atoms with Crippen molar-refractivity contribution in [2.75, 3.05) is 16.3 Å². The van der Waals surface area contributed by atoms with Crippen molar-refractivity contribution in [3.05, 3.63) is 34.8 Å². The van der Waals surface area contributed by atoms with Crippen molar-refractivity contribution >= 4 is 38.1 Å². The lowest BCUT2D eigenvalue weighted by Crippen LogP contribution is -2.17. The van der Waals surface area contributed by atoms with Crippen LogP contribution in [0.4, 0.5) is 10.8 Å². The normalized spacial score (nSPS) is 11.2. The maximum atomic E-state index is 12.3. The predicted octanol–water partition coefficient (Wildman–Crippen LogP) is 2.50. The van der Waals surface area contributed by atoms with Crippen molar-refractivity contribution in [3.8, 4) is 0 Å². The van der Waals surface area contributed by atoms with Crippen molar-refractivity contribution in [3.63, 3.8) is 0 Å². The van der Waals surface area contributed by atoms with E-state index in [1.165, 1.54) is 17.4 Å². The fraction of sp³-hybridized carbons (Fsp3) is 0.357. The minimum absolute atomic E-state index is 0.225. The number of anilines is 2. The summed E-state index contributed by atoms with van der Waals surface area (Å²) in [5.74, 6) is -0.435. The third-order valence-corrected chi connectivity index (χ3v) is 4.39. The van der Waals surface area contributed by atoms with E-state index in [1.807, 2.05) is 0 Å². The van der Waals surface area contributed by atoms with E-state index < -0.39 is 15.9 Å². The number of nitrogens with zero attached hydrogens (tertiary/aromatic N) is 2. The molecule has 0 saturated carbocycles. The van der Waals surface area contributed by atoms with Gasteiger partial charge in [0.15, 0.2) is 0 Å². The van der Waals surface area contributed by atoms with Gasteiger partial charge in [-0.05, 0) is 18.6 Å². The van der Waals surface area contributed by atoms with Gasteiger partial charge in [0.05, 0.1) is 17.5 Å². The van der Waals surface area contributed by atoms with Gasteiger partial charge in [-0.3, -0.25) is 14.8 Å². The molecule has 0 fully saturated rings. The molecule has 0 bridgehead atoms. The molecule has 0 aliphatic heterocycles. The SMILES string of the molecule is CCCCc1nnc(NC(=O)c2ccccc2NS(C)(=O)=O)s1. The number of unbranched alkanes of at least 4 members (excludes halogenated alkanes) is 1. The number of sulfonamides is 1. The number of benzene rings is 1. The summed E-state index contributed by atoms with van der Waals surface area (Å²) in [6.07, 6.45) is 3.94. The zero-order valence-electron chi connectivity index (χ0n) is 12.9. The van der Waals surface area contributed by atoms with Crippen LogP contribution in [0.25, 0.3) is 0 Å². The van der Waals surface area contributed by atoms with Crippen LogP contribution in [-0.4, -0.2) is 30.8 Å². The second-order valence-electron chi connectivity index (χ2n) is 4.98. The highest BCUT2D eigenvalue weighted by Crippen LogP contribution is 2.21. The Labute approximate surface area is 139 Å². The van der Waals surface area contributed by atoms with Crippen LogP contribution in [-0.2, 0) is 16.4 Å². The molecule has 7 nitrogen and oxygen atoms in total. The molecule has 1 heterocycles. The van der Waals surface area contributed by atoms with E-state index in [0.717, 1.165) is 30.5 Å². The average Bonchev–Trinajstić information content (AvgIpc) is 2.91. The van der Waals surface area contributed by atoms with E-state index in [9.17, 15) is 13.2 Å². The Hall–Kier alpha value is -2.00. The van der Waals surface area contributed by atoms with Gasteiger partial charge in [0.25, 0.3) is 5.91 Å². The molecule has 2 aromatic rings. The summed E-state index contributed by atoms with van der Waals surface area (Å²) in [5, 5.41) is 11.9. The number of nitrogens with one attached hydrogen (secondary N) is 2. The van der Waals surface area contributed by atoms with Crippen LogP contribution in [0.1, 0.15) is 35.1 Å². The van der Waals surface area contributed by atoms with Gasteiger partial charge >= 0.3 is 0 Å². The Morgan fingerprint density at radius 3 is 2.70 bits per heavy atom. The van der Waals surface area contributed by atoms with Gasteiger partial charge in [0.2, 0.25) is 15.2 Å². The summed E-state index contributed by atoms with van der Waals surface area (Å²) >= 11 is 1.32. The van der Waals surface area contributed by atoms with E-state index >= 15 is 0 Å². The maximum absolute atomic E-state index is 12.3. The van der Waals surface area contributed by atoms with E-state index in [1.54, 1.807) is 18.2 Å². The topological polar surface area (TPSA) is 101 Å². The molecular formula is C14H18N4O3S2. The monoisotopic (exact) mass is 354 g/mol. The Bertz CT molecular complexity index is 787. The fourth-order valence-corrected chi connectivity index (χ4v) is 3.22. The lowest BCUT2D eigenvalue weighted by atomic mass is 10.2. The van der Waals surface area contributed by atoms with Crippen LogP contribution in [0, 0.1) is 0 Å². The predicted molar refractivity (Wildman–Crippen MR) is 91.4 cm³/mol. The molecule has 2 rings (SSSR count). The van der Waals surface area contributed by atoms with E-state index in [2.05, 4.69) is 27.2 Å². The minimum atomic E-state index is -3.47. The molecule has 0 saturated heterocycles. The van der Waals surface area contributed by atoms with Crippen molar-refractivity contribution in [1.29, 1.82) is 0 Å². The number of amides is 1. The summed E-state index contributed by atoms with van der Waals surface area (Å²) in [7, 11) is -3.47. The molecular weight excluding hydrogens is 336 g/mol. The largest absolute Gasteiger partial charge is 0.296 e. The Kier molecular flexibility index (Phi) is 5.67. The number of carbonyl (C=O) groups excluding carboxylic acids is 1. The van der Waals surface area contributed by atoms with Gasteiger partial charge in [0.1, 0.15) is 5.01 Å². The highest BCUT2D eigenvalue weighted by molar-refractivity contribution is 7.92. The number of hydrogen-bond donors (Lipinski definition) is 2. The van der Waals surface area contributed by atoms with Gasteiger partial charge in [-0.2, -0.15) is 0 Å². The van der Waals surface area contributed by atoms with Crippen LogP contribution in [0.15, 0.2) is 24.3 Å². The summed E-state index contributed by atoms with van der Waals surface area (Å²) in [5.41, 5.74) is 0.450. The van der Waals surface area contributed by atoms with Gasteiger partial charge in [-0.25, -0.2) is 8.42 Å². The molecule has 2 N–H and O–H groups in total. The van der Waals surface area contributed by atoms with Crippen molar-refractivity contribution in [2.24, 2.45) is 0 Å². The lowest BCUT2D eigenvalue weighted by molar-refractivity contribution is 0.102. The molecule has 0 atom stereocenters. The third-order valence-electron chi connectivity index (χ3n) is 2.90. The molecule has 1 amide bonds. The number of rotatable bonds is 7. The molecule has 0 aliphatic rings. The van der Waals surface area contributed by atoms with Crippen LogP contribution in [0.3, 0.4) is 0 Å². The number of para-hydroxylation sites is 1. The Morgan fingerprint density at radius 1 is 1.26 bits per heavy atom. The molecule has 0 spiro atoms. The van der Waals surface area contributed by atoms with Gasteiger partial charge in [-0.15, -0.1) is 10.2 Å². The van der Waals surface area contributed by atoms with Gasteiger partial charge in [0, 0.05) is 6.42 Å². The quantitative estimate of drug-likeness (QED) is 0.795. The number of aryl methyl sites for hydroxylation is 1. The highest BCUT2D eigenvalue weighted by atomic mass is 32.2. The summed E-state index contributed by atoms with van der Waals surface area (Å²) in [6, 6.07) is 6.39. The number of carbonyl (C=O) groups is 1.